The quantitative estimate of drug-likeness (QED) is 0.647. The minimum Gasteiger partial charge on any atom is -0.481 e. The van der Waals surface area contributed by atoms with Crippen LogP contribution >= 0.6 is 15.9 Å². The predicted octanol–water partition coefficient (Wildman–Crippen LogP) is 3.04. The van der Waals surface area contributed by atoms with E-state index in [0.717, 1.165) is 25.9 Å². The van der Waals surface area contributed by atoms with Gasteiger partial charge in [0, 0.05) is 29.1 Å². The molecule has 0 amide bonds. The predicted molar refractivity (Wildman–Crippen MR) is 81.1 cm³/mol. The Labute approximate surface area is 131 Å². The molecule has 1 aromatic carbocycles. The van der Waals surface area contributed by atoms with Crippen LogP contribution in [0.3, 0.4) is 0 Å². The zero-order valence-corrected chi connectivity index (χ0v) is 13.1. The molecule has 1 heterocycles. The highest BCUT2D eigenvalue weighted by Crippen LogP contribution is 2.27. The fourth-order valence-electron chi connectivity index (χ4n) is 2.68. The smallest absolute Gasteiger partial charge is 0.303 e. The first kappa shape index (κ1) is 15.9. The number of carbonyl (C=O) groups is 1. The Bertz CT molecular complexity index is 542. The highest BCUT2D eigenvalue weighted by atomic mass is 79.9. The molecule has 1 saturated heterocycles. The van der Waals surface area contributed by atoms with Gasteiger partial charge in [0.15, 0.2) is 0 Å². The van der Waals surface area contributed by atoms with E-state index in [9.17, 15) is 14.9 Å². The maximum Gasteiger partial charge on any atom is 0.303 e. The van der Waals surface area contributed by atoms with Gasteiger partial charge in [-0.3, -0.25) is 19.8 Å². The van der Waals surface area contributed by atoms with E-state index in [-0.39, 0.29) is 22.9 Å². The van der Waals surface area contributed by atoms with Crippen LogP contribution in [0.1, 0.15) is 24.8 Å². The Balaban J connectivity index is 1.97. The molecule has 1 aromatic rings. The average Bonchev–Trinajstić information content (AvgIpc) is 2.42. The van der Waals surface area contributed by atoms with Gasteiger partial charge in [-0.05, 0) is 44.0 Å². The van der Waals surface area contributed by atoms with Crippen LogP contribution in [-0.2, 0) is 11.3 Å². The zero-order chi connectivity index (χ0) is 15.4. The van der Waals surface area contributed by atoms with Gasteiger partial charge in [-0.25, -0.2) is 0 Å². The van der Waals surface area contributed by atoms with E-state index in [0.29, 0.717) is 16.6 Å². The highest BCUT2D eigenvalue weighted by molar-refractivity contribution is 9.10. The summed E-state index contributed by atoms with van der Waals surface area (Å²) in [6.45, 7) is 2.10. The van der Waals surface area contributed by atoms with Crippen molar-refractivity contribution < 1.29 is 14.8 Å². The zero-order valence-electron chi connectivity index (χ0n) is 11.5. The molecule has 0 saturated carbocycles. The van der Waals surface area contributed by atoms with E-state index in [4.69, 9.17) is 5.11 Å². The van der Waals surface area contributed by atoms with Crippen LogP contribution in [0.2, 0.25) is 0 Å². The number of hydrogen-bond donors (Lipinski definition) is 1. The van der Waals surface area contributed by atoms with Gasteiger partial charge in [-0.2, -0.15) is 0 Å². The van der Waals surface area contributed by atoms with Gasteiger partial charge < -0.3 is 5.11 Å². The summed E-state index contributed by atoms with van der Waals surface area (Å²) in [4.78, 5) is 23.6. The molecule has 2 rings (SSSR count). The van der Waals surface area contributed by atoms with Crippen molar-refractivity contribution in [3.63, 3.8) is 0 Å². The number of carboxylic acids is 1. The first-order valence-electron chi connectivity index (χ1n) is 6.82. The number of nitro benzene ring substituents is 1. The van der Waals surface area contributed by atoms with Crippen LogP contribution in [0.15, 0.2) is 22.7 Å². The first-order chi connectivity index (χ1) is 9.95. The van der Waals surface area contributed by atoms with Crippen molar-refractivity contribution in [2.45, 2.75) is 25.8 Å². The molecule has 0 unspecified atom stereocenters. The molecule has 114 valence electrons. The SMILES string of the molecule is O=C(O)CC1CCN(Cc2ccc(Br)cc2[N+](=O)[O-])CC1. The van der Waals surface area contributed by atoms with E-state index < -0.39 is 5.97 Å². The maximum atomic E-state index is 11.1. The van der Waals surface area contributed by atoms with E-state index in [2.05, 4.69) is 20.8 Å². The number of hydrogen-bond acceptors (Lipinski definition) is 4. The van der Waals surface area contributed by atoms with Gasteiger partial charge >= 0.3 is 5.97 Å². The number of benzene rings is 1. The number of nitrogens with zero attached hydrogens (tertiary/aromatic N) is 2. The van der Waals surface area contributed by atoms with Crippen molar-refractivity contribution in [2.24, 2.45) is 5.92 Å². The van der Waals surface area contributed by atoms with Crippen LogP contribution < -0.4 is 0 Å². The van der Waals surface area contributed by atoms with Gasteiger partial charge in [0.25, 0.3) is 5.69 Å². The van der Waals surface area contributed by atoms with Gasteiger partial charge in [0.2, 0.25) is 0 Å². The van der Waals surface area contributed by atoms with E-state index >= 15 is 0 Å². The molecule has 1 aliphatic rings. The van der Waals surface area contributed by atoms with Crippen molar-refractivity contribution >= 4 is 27.6 Å². The number of piperidine rings is 1. The molecular formula is C14H17BrN2O4. The summed E-state index contributed by atoms with van der Waals surface area (Å²) in [7, 11) is 0. The number of rotatable bonds is 5. The average molecular weight is 357 g/mol. The number of nitro groups is 1. The Hall–Kier alpha value is -1.47. The Morgan fingerprint density at radius 2 is 2.10 bits per heavy atom. The fraction of sp³-hybridized carbons (Fsp3) is 0.500. The van der Waals surface area contributed by atoms with Gasteiger partial charge in [-0.15, -0.1) is 0 Å². The third kappa shape index (κ3) is 4.50. The Morgan fingerprint density at radius 3 is 2.67 bits per heavy atom. The molecule has 0 aromatic heterocycles. The van der Waals surface area contributed by atoms with Crippen LogP contribution in [0.4, 0.5) is 5.69 Å². The van der Waals surface area contributed by atoms with Gasteiger partial charge in [0.05, 0.1) is 4.92 Å². The number of aliphatic carboxylic acids is 1. The van der Waals surface area contributed by atoms with Gasteiger partial charge in [-0.1, -0.05) is 15.9 Å². The van der Waals surface area contributed by atoms with Crippen LogP contribution in [-0.4, -0.2) is 34.0 Å². The lowest BCUT2D eigenvalue weighted by Gasteiger charge is -2.31. The van der Waals surface area contributed by atoms with Crippen molar-refractivity contribution in [3.8, 4) is 0 Å². The molecular weight excluding hydrogens is 340 g/mol. The highest BCUT2D eigenvalue weighted by Gasteiger charge is 2.23. The van der Waals surface area contributed by atoms with Crippen LogP contribution in [0, 0.1) is 16.0 Å². The van der Waals surface area contributed by atoms with Crippen LogP contribution in [0.5, 0.6) is 0 Å². The first-order valence-corrected chi connectivity index (χ1v) is 7.62. The van der Waals surface area contributed by atoms with E-state index in [1.54, 1.807) is 12.1 Å². The lowest BCUT2D eigenvalue weighted by atomic mass is 9.93. The third-order valence-corrected chi connectivity index (χ3v) is 4.30. The molecule has 21 heavy (non-hydrogen) atoms. The minimum absolute atomic E-state index is 0.122. The lowest BCUT2D eigenvalue weighted by Crippen LogP contribution is -2.34. The monoisotopic (exact) mass is 356 g/mol. The molecule has 7 heteroatoms. The number of halogens is 1. The Kier molecular flexibility index (Phi) is 5.30. The maximum absolute atomic E-state index is 11.1. The third-order valence-electron chi connectivity index (χ3n) is 3.81. The second kappa shape index (κ2) is 7.00. The van der Waals surface area contributed by atoms with Crippen molar-refractivity contribution in [1.29, 1.82) is 0 Å². The number of carboxylic acid groups (broad SMARTS) is 1. The molecule has 0 spiro atoms. The molecule has 0 bridgehead atoms. The molecule has 0 aliphatic carbocycles. The van der Waals surface area contributed by atoms with Crippen molar-refractivity contribution in [3.05, 3.63) is 38.3 Å². The normalized spacial score (nSPS) is 16.8. The summed E-state index contributed by atoms with van der Waals surface area (Å²) < 4.78 is 0.693. The summed E-state index contributed by atoms with van der Waals surface area (Å²) in [5.41, 5.74) is 0.817. The van der Waals surface area contributed by atoms with E-state index in [1.807, 2.05) is 0 Å². The minimum atomic E-state index is -0.753. The summed E-state index contributed by atoms with van der Waals surface area (Å²) in [6.07, 6.45) is 1.87. The second-order valence-corrected chi connectivity index (χ2v) is 6.26. The van der Waals surface area contributed by atoms with Gasteiger partial charge in [0.1, 0.15) is 0 Å². The number of likely N-dealkylation sites (tertiary alicyclic amines) is 1. The molecule has 1 fully saturated rings. The van der Waals surface area contributed by atoms with Crippen molar-refractivity contribution in [2.75, 3.05) is 13.1 Å². The second-order valence-electron chi connectivity index (χ2n) is 5.35. The molecule has 6 nitrogen and oxygen atoms in total. The van der Waals surface area contributed by atoms with Crippen molar-refractivity contribution in [1.82, 2.24) is 4.90 Å². The lowest BCUT2D eigenvalue weighted by molar-refractivity contribution is -0.385. The topological polar surface area (TPSA) is 83.7 Å². The van der Waals surface area contributed by atoms with E-state index in [1.165, 1.54) is 6.07 Å². The summed E-state index contributed by atoms with van der Waals surface area (Å²) in [5, 5.41) is 19.9. The molecule has 1 aliphatic heterocycles. The summed E-state index contributed by atoms with van der Waals surface area (Å²) in [5.74, 6) is -0.532. The molecule has 0 atom stereocenters. The summed E-state index contributed by atoms with van der Waals surface area (Å²) in [6, 6.07) is 5.09. The molecule has 1 N–H and O–H groups in total. The summed E-state index contributed by atoms with van der Waals surface area (Å²) >= 11 is 3.25. The van der Waals surface area contributed by atoms with Crippen LogP contribution in [0.25, 0.3) is 0 Å². The fourth-order valence-corrected chi connectivity index (χ4v) is 3.03. The molecule has 0 radical (unpaired) electrons. The Morgan fingerprint density at radius 1 is 1.43 bits per heavy atom. The largest absolute Gasteiger partial charge is 0.481 e. The standard InChI is InChI=1S/C14H17BrN2O4/c15-12-2-1-11(13(8-12)17(20)21)9-16-5-3-10(4-6-16)7-14(18)19/h1-2,8,10H,3-7,9H2,(H,18,19).